The molecule has 6 nitrogen and oxygen atoms in total. The predicted octanol–water partition coefficient (Wildman–Crippen LogP) is 3.08. The summed E-state index contributed by atoms with van der Waals surface area (Å²) in [6.45, 7) is 3.16. The fourth-order valence-corrected chi connectivity index (χ4v) is 3.75. The maximum atomic E-state index is 12.6. The van der Waals surface area contributed by atoms with Crippen LogP contribution in [0.3, 0.4) is 0 Å². The molecule has 4 rings (SSSR count). The Morgan fingerprint density at radius 2 is 1.90 bits per heavy atom. The minimum Gasteiger partial charge on any atom is -0.486 e. The van der Waals surface area contributed by atoms with Gasteiger partial charge in [-0.15, -0.1) is 0 Å². The number of carbonyl (C=O) groups is 2. The molecule has 0 aliphatic carbocycles. The summed E-state index contributed by atoms with van der Waals surface area (Å²) < 4.78 is 11.1. The van der Waals surface area contributed by atoms with E-state index in [1.807, 2.05) is 48.5 Å². The first kappa shape index (κ1) is 19.1. The summed E-state index contributed by atoms with van der Waals surface area (Å²) in [5.41, 5.74) is 3.11. The minimum atomic E-state index is -0.289. The quantitative estimate of drug-likeness (QED) is 0.849. The zero-order valence-electron chi connectivity index (χ0n) is 16.4. The number of fused-ring (bicyclic) bond motifs is 2. The lowest BCUT2D eigenvalue weighted by atomic mass is 9.93. The summed E-state index contributed by atoms with van der Waals surface area (Å²) in [6, 6.07) is 13.4. The van der Waals surface area contributed by atoms with Crippen LogP contribution in [0.15, 0.2) is 48.7 Å². The number of nitrogens with one attached hydrogen (secondary N) is 1. The maximum Gasteiger partial charge on any atom is 0.223 e. The van der Waals surface area contributed by atoms with Gasteiger partial charge in [-0.25, -0.2) is 0 Å². The molecule has 2 aromatic carbocycles. The predicted molar refractivity (Wildman–Crippen MR) is 109 cm³/mol. The van der Waals surface area contributed by atoms with Crippen LogP contribution in [-0.4, -0.2) is 36.5 Å². The topological polar surface area (TPSA) is 67.9 Å². The molecule has 0 radical (unpaired) electrons. The van der Waals surface area contributed by atoms with Crippen molar-refractivity contribution in [1.29, 1.82) is 0 Å². The Morgan fingerprint density at radius 1 is 1.10 bits per heavy atom. The molecule has 2 aliphatic heterocycles. The zero-order chi connectivity index (χ0) is 20.2. The van der Waals surface area contributed by atoms with Crippen molar-refractivity contribution in [2.75, 3.05) is 19.8 Å². The van der Waals surface area contributed by atoms with Crippen LogP contribution in [-0.2, 0) is 16.0 Å². The van der Waals surface area contributed by atoms with Crippen molar-refractivity contribution in [3.63, 3.8) is 0 Å². The highest BCUT2D eigenvalue weighted by Crippen LogP contribution is 2.33. The number of hydrogen-bond acceptors (Lipinski definition) is 4. The normalized spacial score (nSPS) is 16.9. The fourth-order valence-electron chi connectivity index (χ4n) is 3.75. The van der Waals surface area contributed by atoms with E-state index in [0.29, 0.717) is 26.2 Å². The largest absolute Gasteiger partial charge is 0.486 e. The summed E-state index contributed by atoms with van der Waals surface area (Å²) in [5, 5.41) is 2.98. The highest BCUT2D eigenvalue weighted by atomic mass is 16.6. The number of ether oxygens (including phenoxy) is 2. The molecule has 2 heterocycles. The van der Waals surface area contributed by atoms with Gasteiger partial charge >= 0.3 is 0 Å². The molecule has 2 amide bonds. The van der Waals surface area contributed by atoms with Crippen molar-refractivity contribution < 1.29 is 19.1 Å². The first-order chi connectivity index (χ1) is 14.1. The molecule has 6 heteroatoms. The van der Waals surface area contributed by atoms with Gasteiger partial charge in [-0.2, -0.15) is 0 Å². The maximum absolute atomic E-state index is 12.6. The Labute approximate surface area is 170 Å². The van der Waals surface area contributed by atoms with E-state index in [1.165, 1.54) is 6.92 Å². The Bertz CT molecular complexity index is 954. The molecule has 1 N–H and O–H groups in total. The van der Waals surface area contributed by atoms with Crippen molar-refractivity contribution >= 4 is 17.9 Å². The van der Waals surface area contributed by atoms with Gasteiger partial charge in [0.05, 0.1) is 12.5 Å². The van der Waals surface area contributed by atoms with Crippen LogP contribution < -0.4 is 14.8 Å². The first-order valence-electron chi connectivity index (χ1n) is 9.83. The average molecular weight is 392 g/mol. The molecular formula is C23H24N2O4. The molecule has 0 bridgehead atoms. The van der Waals surface area contributed by atoms with Gasteiger partial charge in [0.25, 0.3) is 0 Å². The standard InChI is InChI=1S/C23H24N2O4/c1-16(26)25-11-9-18-4-2-3-5-19(18)20(25)15-23(27)24-10-8-17-6-7-21-22(14-17)29-13-12-28-21/h2-7,9,11,14,20H,8,10,12-13,15H2,1H3,(H,24,27)/t20-/m0/s1. The number of carbonyl (C=O) groups excluding carboxylic acids is 2. The smallest absolute Gasteiger partial charge is 0.223 e. The van der Waals surface area contributed by atoms with Crippen LogP contribution in [0.2, 0.25) is 0 Å². The summed E-state index contributed by atoms with van der Waals surface area (Å²) in [7, 11) is 0. The minimum absolute atomic E-state index is 0.0789. The number of amides is 2. The second-order valence-corrected chi connectivity index (χ2v) is 7.17. The van der Waals surface area contributed by atoms with Crippen LogP contribution >= 0.6 is 0 Å². The van der Waals surface area contributed by atoms with Crippen LogP contribution in [0, 0.1) is 0 Å². The molecule has 0 saturated heterocycles. The Hall–Kier alpha value is -3.28. The highest BCUT2D eigenvalue weighted by molar-refractivity contribution is 5.81. The van der Waals surface area contributed by atoms with Gasteiger partial charge < -0.3 is 19.7 Å². The van der Waals surface area contributed by atoms with Crippen molar-refractivity contribution in [3.8, 4) is 11.5 Å². The van der Waals surface area contributed by atoms with E-state index in [4.69, 9.17) is 9.47 Å². The SMILES string of the molecule is CC(=O)N1C=Cc2ccccc2[C@@H]1CC(=O)NCCc1ccc2c(c1)OCCO2. The first-order valence-corrected chi connectivity index (χ1v) is 9.83. The summed E-state index contributed by atoms with van der Waals surface area (Å²) in [4.78, 5) is 26.3. The molecule has 150 valence electrons. The van der Waals surface area contributed by atoms with Gasteiger partial charge in [-0.3, -0.25) is 9.59 Å². The number of benzene rings is 2. The van der Waals surface area contributed by atoms with Crippen molar-refractivity contribution in [2.24, 2.45) is 0 Å². The Balaban J connectivity index is 1.36. The zero-order valence-corrected chi connectivity index (χ0v) is 16.4. The van der Waals surface area contributed by atoms with E-state index >= 15 is 0 Å². The molecule has 2 aromatic rings. The third-order valence-corrected chi connectivity index (χ3v) is 5.19. The van der Waals surface area contributed by atoms with E-state index in [0.717, 1.165) is 28.2 Å². The summed E-state index contributed by atoms with van der Waals surface area (Å²) in [6.07, 6.45) is 4.59. The fraction of sp³-hybridized carbons (Fsp3) is 0.304. The van der Waals surface area contributed by atoms with Crippen LogP contribution in [0.1, 0.15) is 36.1 Å². The van der Waals surface area contributed by atoms with Crippen molar-refractivity contribution in [1.82, 2.24) is 10.2 Å². The molecule has 29 heavy (non-hydrogen) atoms. The van der Waals surface area contributed by atoms with Gasteiger partial charge in [-0.05, 0) is 41.3 Å². The lowest BCUT2D eigenvalue weighted by molar-refractivity contribution is -0.129. The van der Waals surface area contributed by atoms with Gasteiger partial charge in [0, 0.05) is 19.7 Å². The Morgan fingerprint density at radius 3 is 2.72 bits per heavy atom. The van der Waals surface area contributed by atoms with E-state index < -0.39 is 0 Å². The molecule has 0 spiro atoms. The molecule has 0 fully saturated rings. The summed E-state index contributed by atoms with van der Waals surface area (Å²) in [5.74, 6) is 1.36. The average Bonchev–Trinajstić information content (AvgIpc) is 2.73. The van der Waals surface area contributed by atoms with Gasteiger partial charge in [0.1, 0.15) is 13.2 Å². The number of nitrogens with zero attached hydrogens (tertiary/aromatic N) is 1. The molecular weight excluding hydrogens is 368 g/mol. The van der Waals surface area contributed by atoms with Crippen molar-refractivity contribution in [2.45, 2.75) is 25.8 Å². The van der Waals surface area contributed by atoms with Crippen LogP contribution in [0.25, 0.3) is 6.08 Å². The highest BCUT2D eigenvalue weighted by Gasteiger charge is 2.28. The second kappa shape index (κ2) is 8.39. The number of hydrogen-bond donors (Lipinski definition) is 1. The molecule has 2 aliphatic rings. The molecule has 0 saturated carbocycles. The molecule has 0 unspecified atom stereocenters. The monoisotopic (exact) mass is 392 g/mol. The lowest BCUT2D eigenvalue weighted by Crippen LogP contribution is -2.35. The van der Waals surface area contributed by atoms with Gasteiger partial charge in [0.15, 0.2) is 11.5 Å². The molecule has 1 atom stereocenters. The van der Waals surface area contributed by atoms with Gasteiger partial charge in [-0.1, -0.05) is 30.3 Å². The van der Waals surface area contributed by atoms with Crippen molar-refractivity contribution in [3.05, 3.63) is 65.4 Å². The van der Waals surface area contributed by atoms with E-state index in [2.05, 4.69) is 5.32 Å². The third-order valence-electron chi connectivity index (χ3n) is 5.19. The summed E-state index contributed by atoms with van der Waals surface area (Å²) >= 11 is 0. The van der Waals surface area contributed by atoms with Crippen LogP contribution in [0.5, 0.6) is 11.5 Å². The van der Waals surface area contributed by atoms with E-state index in [9.17, 15) is 9.59 Å². The molecule has 0 aromatic heterocycles. The third kappa shape index (κ3) is 4.26. The van der Waals surface area contributed by atoms with E-state index in [1.54, 1.807) is 11.1 Å². The second-order valence-electron chi connectivity index (χ2n) is 7.17. The Kier molecular flexibility index (Phi) is 5.51. The number of rotatable bonds is 5. The lowest BCUT2D eigenvalue weighted by Gasteiger charge is -2.32. The van der Waals surface area contributed by atoms with Gasteiger partial charge in [0.2, 0.25) is 11.8 Å². The van der Waals surface area contributed by atoms with E-state index in [-0.39, 0.29) is 24.3 Å². The van der Waals surface area contributed by atoms with Crippen LogP contribution in [0.4, 0.5) is 0 Å².